The summed E-state index contributed by atoms with van der Waals surface area (Å²) in [4.78, 5) is 19.8. The van der Waals surface area contributed by atoms with Crippen molar-refractivity contribution >= 4 is 44.2 Å². The predicted molar refractivity (Wildman–Crippen MR) is 197 cm³/mol. The monoisotopic (exact) mass is 740 g/mol. The number of aliphatic hydroxyl groups excluding tert-OH is 2. The first-order valence-electron chi connectivity index (χ1n) is 17.1. The number of rotatable bonds is 8. The van der Waals surface area contributed by atoms with Crippen LogP contribution >= 0.6 is 21.6 Å². The van der Waals surface area contributed by atoms with Gasteiger partial charge in [0, 0.05) is 30.1 Å². The second-order valence-corrected chi connectivity index (χ2v) is 17.1. The number of guanidine groups is 1. The van der Waals surface area contributed by atoms with Gasteiger partial charge in [0.05, 0.1) is 47.0 Å². The highest BCUT2D eigenvalue weighted by Gasteiger charge is 2.49. The van der Waals surface area contributed by atoms with Crippen LogP contribution in [-0.2, 0) is 12.0 Å². The van der Waals surface area contributed by atoms with Crippen LogP contribution in [0.1, 0.15) is 85.1 Å². The molecule has 4 aliphatic rings. The molecule has 0 spiro atoms. The van der Waals surface area contributed by atoms with Crippen molar-refractivity contribution in [3.8, 4) is 11.5 Å². The Hall–Kier alpha value is -3.44. The lowest BCUT2D eigenvalue weighted by molar-refractivity contribution is -0.0233. The maximum absolute atomic E-state index is 15.4. The van der Waals surface area contributed by atoms with Gasteiger partial charge in [-0.15, -0.1) is 0 Å². The molecule has 51 heavy (non-hydrogen) atoms. The summed E-state index contributed by atoms with van der Waals surface area (Å²) >= 11 is 0. The Morgan fingerprint density at radius 1 is 1.16 bits per heavy atom. The first kappa shape index (κ1) is 35.9. The summed E-state index contributed by atoms with van der Waals surface area (Å²) in [6, 6.07) is 6.85. The molecule has 1 aromatic heterocycles. The molecule has 2 aromatic carbocycles. The maximum Gasteiger partial charge on any atom is 0.201 e. The summed E-state index contributed by atoms with van der Waals surface area (Å²) < 4.78 is 20.2. The molecule has 0 radical (unpaired) electrons. The van der Waals surface area contributed by atoms with E-state index in [9.17, 15) is 25.6 Å². The van der Waals surface area contributed by atoms with Gasteiger partial charge in [0.25, 0.3) is 0 Å². The van der Waals surface area contributed by atoms with E-state index in [1.54, 1.807) is 50.3 Å². The number of nitrogens with one attached hydrogen (secondary N) is 1. The van der Waals surface area contributed by atoms with E-state index in [-0.39, 0.29) is 59.6 Å². The van der Waals surface area contributed by atoms with E-state index in [2.05, 4.69) is 10.5 Å². The van der Waals surface area contributed by atoms with E-state index in [4.69, 9.17) is 25.4 Å². The van der Waals surface area contributed by atoms with Gasteiger partial charge in [0.1, 0.15) is 45.5 Å². The fourth-order valence-corrected chi connectivity index (χ4v) is 10.7. The van der Waals surface area contributed by atoms with Crippen LogP contribution in [0.3, 0.4) is 0 Å². The molecule has 13 nitrogen and oxygen atoms in total. The van der Waals surface area contributed by atoms with Crippen LogP contribution in [-0.4, -0.2) is 73.9 Å². The smallest absolute Gasteiger partial charge is 0.201 e. The zero-order valence-corrected chi connectivity index (χ0v) is 30.1. The molecule has 7 rings (SSSR count). The Kier molecular flexibility index (Phi) is 9.53. The minimum atomic E-state index is -1.98. The highest BCUT2D eigenvalue weighted by molar-refractivity contribution is 8.76. The average molecular weight is 741 g/mol. The average Bonchev–Trinajstić information content (AvgIpc) is 3.78. The molecule has 2 aliphatic heterocycles. The zero-order chi connectivity index (χ0) is 36.3. The Labute approximate surface area is 302 Å². The molecule has 5 atom stereocenters. The Morgan fingerprint density at radius 3 is 2.51 bits per heavy atom. The van der Waals surface area contributed by atoms with Crippen molar-refractivity contribution in [1.82, 2.24) is 0 Å². The quantitative estimate of drug-likeness (QED) is 0.0542. The highest BCUT2D eigenvalue weighted by atomic mass is 33.1. The minimum absolute atomic E-state index is 0.0564. The second kappa shape index (κ2) is 13.5. The molecular formula is C36H44N4O9S2. The number of allylic oxidation sites excluding steroid dienone is 1. The third kappa shape index (κ3) is 6.36. The Balaban J connectivity index is 1.59. The van der Waals surface area contributed by atoms with Gasteiger partial charge in [-0.25, -0.2) is 4.99 Å². The fourth-order valence-electron chi connectivity index (χ4n) is 7.79. The second-order valence-electron chi connectivity index (χ2n) is 14.5. The molecule has 0 unspecified atom stereocenters. The van der Waals surface area contributed by atoms with Gasteiger partial charge < -0.3 is 45.8 Å². The van der Waals surface area contributed by atoms with Crippen LogP contribution in [0.4, 0.5) is 5.69 Å². The molecular weight excluding hydrogens is 697 g/mol. The van der Waals surface area contributed by atoms with Crippen molar-refractivity contribution in [1.29, 1.82) is 0 Å². The Bertz CT molecular complexity index is 1940. The molecule has 3 aromatic rings. The number of ether oxygens (including phenoxy) is 2. The van der Waals surface area contributed by atoms with Crippen LogP contribution in [0.15, 0.2) is 50.6 Å². The van der Waals surface area contributed by atoms with Crippen LogP contribution in [0.5, 0.6) is 11.5 Å². The van der Waals surface area contributed by atoms with Crippen molar-refractivity contribution < 1.29 is 39.5 Å². The number of aliphatic hydroxyl groups is 4. The largest absolute Gasteiger partial charge is 0.489 e. The van der Waals surface area contributed by atoms with Crippen LogP contribution < -0.4 is 31.8 Å². The molecule has 0 saturated heterocycles. The number of fused-ring (bicyclic) bond motifs is 2. The number of benzene rings is 2. The first-order valence-corrected chi connectivity index (χ1v) is 19.5. The summed E-state index contributed by atoms with van der Waals surface area (Å²) in [7, 11) is 2.57. The number of anilines is 1. The lowest BCUT2D eigenvalue weighted by Crippen LogP contribution is -2.46. The Morgan fingerprint density at radius 2 is 1.88 bits per heavy atom. The van der Waals surface area contributed by atoms with Gasteiger partial charge in [-0.1, -0.05) is 39.8 Å². The normalized spacial score (nSPS) is 27.5. The van der Waals surface area contributed by atoms with Crippen LogP contribution in [0.25, 0.3) is 11.0 Å². The molecule has 1 saturated carbocycles. The van der Waals surface area contributed by atoms with Crippen molar-refractivity contribution in [2.45, 2.75) is 92.5 Å². The lowest BCUT2D eigenvalue weighted by atomic mass is 9.74. The van der Waals surface area contributed by atoms with E-state index in [0.29, 0.717) is 33.9 Å². The number of nitrogens with two attached hydrogens (primary N) is 2. The standard InChI is InChI=1S/C36H44N4O9S2/c1-34(2,44)24-13-22-29(48-24)26-23(14-41)51-50-17-35(16-42,39-33(37)38)15-36(45)12-11-21(18-7-9-19(40-46)10-8-18)25-28(43)27(31(26)49-32(25)36)30(22)47-20-5-3-4-6-20/h7-12,20-21,23-24,40-42,44-46H,3-6,13-17H2,1-2H3,(H4,37,38,39)/t21-,23+,24-,35+,36+/m0/s1. The third-order valence-electron chi connectivity index (χ3n) is 10.4. The van der Waals surface area contributed by atoms with E-state index >= 15 is 4.79 Å². The van der Waals surface area contributed by atoms with E-state index < -0.39 is 46.0 Å². The molecule has 1 fully saturated rings. The number of nitrogens with zero attached hydrogens (tertiary/aromatic N) is 1. The van der Waals surface area contributed by atoms with Crippen molar-refractivity contribution in [2.24, 2.45) is 16.5 Å². The third-order valence-corrected chi connectivity index (χ3v) is 13.2. The lowest BCUT2D eigenvalue weighted by Gasteiger charge is -2.38. The molecule has 274 valence electrons. The molecule has 10 N–H and O–H groups in total. The summed E-state index contributed by atoms with van der Waals surface area (Å²) in [5.74, 6) is -0.230. The first-order chi connectivity index (χ1) is 24.3. The predicted octanol–water partition coefficient (Wildman–Crippen LogP) is 3.70. The molecule has 3 heterocycles. The fraction of sp³-hybridized carbons (Fsp3) is 0.500. The molecule has 15 heteroatoms. The van der Waals surface area contributed by atoms with Crippen molar-refractivity contribution in [3.05, 3.63) is 74.7 Å². The molecule has 2 bridgehead atoms. The van der Waals surface area contributed by atoms with Gasteiger partial charge in [-0.05, 0) is 63.3 Å². The maximum atomic E-state index is 15.4. The van der Waals surface area contributed by atoms with E-state index in [0.717, 1.165) is 25.7 Å². The van der Waals surface area contributed by atoms with Crippen LogP contribution in [0, 0.1) is 0 Å². The zero-order valence-electron chi connectivity index (χ0n) is 28.4. The van der Waals surface area contributed by atoms with Gasteiger partial charge in [-0.2, -0.15) is 0 Å². The topological polar surface area (TPSA) is 226 Å². The SMILES string of the molecule is CC(C)(O)[C@@H]1Cc2c(c3c4oc5c(c(=O)c4c2OC2CCCC2)[C@H](c2ccc(NO)cc2)C=C[C@@]5(O)C[C@](CO)(N=C(N)N)CSS[C@@H]3CO)O1. The van der Waals surface area contributed by atoms with E-state index in [1.807, 2.05) is 0 Å². The summed E-state index contributed by atoms with van der Waals surface area (Å²) in [5, 5.41) is 54.5. The molecule has 0 amide bonds. The minimum Gasteiger partial charge on any atom is -0.489 e. The number of hydrogen-bond donors (Lipinski definition) is 8. The van der Waals surface area contributed by atoms with Gasteiger partial charge in [-0.3, -0.25) is 15.5 Å². The number of aliphatic imine (C=N–C) groups is 1. The summed E-state index contributed by atoms with van der Waals surface area (Å²) in [6.07, 6.45) is 6.00. The van der Waals surface area contributed by atoms with Gasteiger partial charge in [0.15, 0.2) is 5.96 Å². The van der Waals surface area contributed by atoms with Crippen molar-refractivity contribution in [3.63, 3.8) is 0 Å². The van der Waals surface area contributed by atoms with Gasteiger partial charge in [0.2, 0.25) is 5.43 Å². The van der Waals surface area contributed by atoms with Crippen LogP contribution in [0.2, 0.25) is 0 Å². The summed E-state index contributed by atoms with van der Waals surface area (Å²) in [5.41, 5.74) is 11.2. The molecule has 2 aliphatic carbocycles. The number of hydrogen-bond acceptors (Lipinski definition) is 13. The highest BCUT2D eigenvalue weighted by Crippen LogP contribution is 2.56. The summed E-state index contributed by atoms with van der Waals surface area (Å²) in [6.45, 7) is 2.39. The van der Waals surface area contributed by atoms with Gasteiger partial charge >= 0.3 is 0 Å². The van der Waals surface area contributed by atoms with Crippen molar-refractivity contribution in [2.75, 3.05) is 24.4 Å². The van der Waals surface area contributed by atoms with E-state index in [1.165, 1.54) is 21.6 Å².